The van der Waals surface area contributed by atoms with Crippen molar-refractivity contribution in [1.29, 1.82) is 0 Å². The van der Waals surface area contributed by atoms with Crippen molar-refractivity contribution in [3.63, 3.8) is 0 Å². The van der Waals surface area contributed by atoms with Gasteiger partial charge in [0.1, 0.15) is 17.8 Å². The number of rotatable bonds is 10. The summed E-state index contributed by atoms with van der Waals surface area (Å²) in [6.07, 6.45) is 6.75. The lowest BCUT2D eigenvalue weighted by atomic mass is 10.0. The number of H-pyrrole nitrogens is 1. The molecule has 0 unspecified atom stereocenters. The third-order valence-electron chi connectivity index (χ3n) is 5.32. The quantitative estimate of drug-likeness (QED) is 0.216. The molecule has 0 fully saturated rings. The van der Waals surface area contributed by atoms with E-state index < -0.39 is 11.7 Å². The van der Waals surface area contributed by atoms with Gasteiger partial charge in [0.05, 0.1) is 16.5 Å². The number of ether oxygens (including phenoxy) is 1. The molecule has 0 radical (unpaired) electrons. The van der Waals surface area contributed by atoms with E-state index in [2.05, 4.69) is 30.2 Å². The molecule has 0 saturated carbocycles. The van der Waals surface area contributed by atoms with Gasteiger partial charge in [-0.05, 0) is 36.6 Å². The molecule has 4 heterocycles. The van der Waals surface area contributed by atoms with Gasteiger partial charge in [0.25, 0.3) is 0 Å². The Morgan fingerprint density at radius 1 is 1.12 bits per heavy atom. The van der Waals surface area contributed by atoms with E-state index in [0.29, 0.717) is 42.1 Å². The summed E-state index contributed by atoms with van der Waals surface area (Å²) in [7, 11) is 1.64. The van der Waals surface area contributed by atoms with Crippen molar-refractivity contribution in [1.82, 2.24) is 24.9 Å². The first-order valence-electron chi connectivity index (χ1n) is 10.8. The lowest BCUT2D eigenvalue weighted by molar-refractivity contribution is 0.103. The Kier molecular flexibility index (Phi) is 6.99. The SMILES string of the molecule is CCc1ccc(Cc2ccc(C(=O)c3c[nH]c4ncnc(NCCCOC)c34)c(F)n2)cn1. The van der Waals surface area contributed by atoms with Gasteiger partial charge < -0.3 is 15.0 Å². The van der Waals surface area contributed by atoms with Crippen LogP contribution in [0.2, 0.25) is 0 Å². The van der Waals surface area contributed by atoms with E-state index in [1.54, 1.807) is 19.4 Å². The van der Waals surface area contributed by atoms with E-state index >= 15 is 0 Å². The summed E-state index contributed by atoms with van der Waals surface area (Å²) in [4.78, 5) is 33.0. The lowest BCUT2D eigenvalue weighted by Crippen LogP contribution is -2.10. The minimum absolute atomic E-state index is 0.103. The molecule has 2 N–H and O–H groups in total. The number of aromatic amines is 1. The van der Waals surface area contributed by atoms with Crippen LogP contribution < -0.4 is 5.32 Å². The molecule has 0 aliphatic rings. The summed E-state index contributed by atoms with van der Waals surface area (Å²) < 4.78 is 19.9. The van der Waals surface area contributed by atoms with Crippen LogP contribution in [0.3, 0.4) is 0 Å². The zero-order valence-corrected chi connectivity index (χ0v) is 18.6. The van der Waals surface area contributed by atoms with Gasteiger partial charge in [-0.1, -0.05) is 13.0 Å². The molecule has 0 spiro atoms. The zero-order chi connectivity index (χ0) is 23.2. The number of halogens is 1. The second-order valence-corrected chi connectivity index (χ2v) is 7.58. The summed E-state index contributed by atoms with van der Waals surface area (Å²) in [5.74, 6) is -0.785. The topological polar surface area (TPSA) is 106 Å². The number of fused-ring (bicyclic) bond motifs is 1. The summed E-state index contributed by atoms with van der Waals surface area (Å²) in [6, 6.07) is 7.04. The molecule has 8 nitrogen and oxygen atoms in total. The van der Waals surface area contributed by atoms with Gasteiger partial charge in [-0.2, -0.15) is 4.39 Å². The molecule has 0 aliphatic heterocycles. The molecular weight excluding hydrogens is 423 g/mol. The number of pyridine rings is 2. The van der Waals surface area contributed by atoms with Crippen molar-refractivity contribution in [3.8, 4) is 0 Å². The maximum atomic E-state index is 14.9. The standard InChI is InChI=1S/C24H25FN6O2/c1-3-16-6-5-15(12-27-16)11-17-7-8-18(22(25)31-17)21(32)19-13-28-24-20(19)23(29-14-30-24)26-9-4-10-33-2/h5-8,12-14H,3-4,9-11H2,1-2H3,(H2,26,28,29,30). The van der Waals surface area contributed by atoms with Crippen molar-refractivity contribution in [2.45, 2.75) is 26.2 Å². The van der Waals surface area contributed by atoms with Crippen molar-refractivity contribution in [3.05, 3.63) is 77.0 Å². The first-order chi connectivity index (χ1) is 16.1. The van der Waals surface area contributed by atoms with Crippen molar-refractivity contribution >= 4 is 22.6 Å². The number of ketones is 1. The van der Waals surface area contributed by atoms with Crippen LogP contribution in [0.4, 0.5) is 10.2 Å². The predicted octanol–water partition coefficient (Wildman–Crippen LogP) is 3.72. The Morgan fingerprint density at radius 3 is 2.70 bits per heavy atom. The lowest BCUT2D eigenvalue weighted by Gasteiger charge is -2.08. The fourth-order valence-corrected chi connectivity index (χ4v) is 3.56. The fourth-order valence-electron chi connectivity index (χ4n) is 3.56. The van der Waals surface area contributed by atoms with Crippen LogP contribution in [0.1, 0.15) is 46.2 Å². The number of nitrogens with one attached hydrogen (secondary N) is 2. The van der Waals surface area contributed by atoms with E-state index in [0.717, 1.165) is 24.1 Å². The third kappa shape index (κ3) is 5.04. The first kappa shape index (κ1) is 22.5. The Bertz CT molecular complexity index is 1260. The van der Waals surface area contributed by atoms with Crippen LogP contribution in [-0.2, 0) is 17.6 Å². The van der Waals surface area contributed by atoms with Gasteiger partial charge in [0.2, 0.25) is 5.95 Å². The van der Waals surface area contributed by atoms with Crippen molar-refractivity contribution in [2.75, 3.05) is 25.6 Å². The second-order valence-electron chi connectivity index (χ2n) is 7.58. The molecule has 9 heteroatoms. The number of carbonyl (C=O) groups is 1. The van der Waals surface area contributed by atoms with Gasteiger partial charge in [-0.25, -0.2) is 15.0 Å². The number of aromatic nitrogens is 5. The Morgan fingerprint density at radius 2 is 1.97 bits per heavy atom. The third-order valence-corrected chi connectivity index (χ3v) is 5.32. The zero-order valence-electron chi connectivity index (χ0n) is 18.6. The van der Waals surface area contributed by atoms with Crippen molar-refractivity contribution < 1.29 is 13.9 Å². The first-order valence-corrected chi connectivity index (χ1v) is 10.8. The highest BCUT2D eigenvalue weighted by Gasteiger charge is 2.22. The Labute approximate surface area is 190 Å². The van der Waals surface area contributed by atoms with Gasteiger partial charge in [-0.15, -0.1) is 0 Å². The van der Waals surface area contributed by atoms with Crippen LogP contribution >= 0.6 is 0 Å². The summed E-state index contributed by atoms with van der Waals surface area (Å²) in [6.45, 7) is 3.24. The Balaban J connectivity index is 1.57. The fraction of sp³-hybridized carbons (Fsp3) is 0.292. The number of carbonyl (C=O) groups excluding carboxylic acids is 1. The van der Waals surface area contributed by atoms with Crippen LogP contribution in [0, 0.1) is 5.95 Å². The number of aryl methyl sites for hydroxylation is 1. The normalized spacial score (nSPS) is 11.1. The minimum Gasteiger partial charge on any atom is -0.385 e. The largest absolute Gasteiger partial charge is 0.385 e. The van der Waals surface area contributed by atoms with Crippen LogP contribution in [-0.4, -0.2) is 51.0 Å². The van der Waals surface area contributed by atoms with Crippen LogP contribution in [0.5, 0.6) is 0 Å². The predicted molar refractivity (Wildman–Crippen MR) is 123 cm³/mol. The van der Waals surface area contributed by atoms with E-state index in [9.17, 15) is 9.18 Å². The molecule has 170 valence electrons. The smallest absolute Gasteiger partial charge is 0.224 e. The molecule has 0 atom stereocenters. The molecule has 0 saturated heterocycles. The molecular formula is C24H25FN6O2. The van der Waals surface area contributed by atoms with Crippen LogP contribution in [0.25, 0.3) is 11.0 Å². The van der Waals surface area contributed by atoms with E-state index in [1.165, 1.54) is 18.6 Å². The average Bonchev–Trinajstić information content (AvgIpc) is 3.27. The summed E-state index contributed by atoms with van der Waals surface area (Å²) >= 11 is 0. The average molecular weight is 449 g/mol. The number of methoxy groups -OCH3 is 1. The van der Waals surface area contributed by atoms with Gasteiger partial charge >= 0.3 is 0 Å². The number of hydrogen-bond acceptors (Lipinski definition) is 7. The number of hydrogen-bond donors (Lipinski definition) is 2. The highest BCUT2D eigenvalue weighted by molar-refractivity contribution is 6.17. The van der Waals surface area contributed by atoms with Crippen LogP contribution in [0.15, 0.2) is 43.0 Å². The number of anilines is 1. The second kappa shape index (κ2) is 10.3. The maximum Gasteiger partial charge on any atom is 0.224 e. The molecule has 0 amide bonds. The Hall–Kier alpha value is -3.72. The van der Waals surface area contributed by atoms with Gasteiger partial charge in [0, 0.05) is 50.5 Å². The van der Waals surface area contributed by atoms with E-state index in [1.807, 2.05) is 19.1 Å². The summed E-state index contributed by atoms with van der Waals surface area (Å²) in [5, 5.41) is 3.71. The summed E-state index contributed by atoms with van der Waals surface area (Å²) in [5.41, 5.74) is 3.12. The molecule has 0 aliphatic carbocycles. The molecule has 4 rings (SSSR count). The molecule has 4 aromatic heterocycles. The maximum absolute atomic E-state index is 14.9. The minimum atomic E-state index is -0.809. The molecule has 4 aromatic rings. The van der Waals surface area contributed by atoms with E-state index in [4.69, 9.17) is 4.74 Å². The monoisotopic (exact) mass is 448 g/mol. The van der Waals surface area contributed by atoms with Gasteiger partial charge in [0.15, 0.2) is 5.78 Å². The molecule has 33 heavy (non-hydrogen) atoms. The molecule has 0 aromatic carbocycles. The molecule has 0 bridgehead atoms. The van der Waals surface area contributed by atoms with Gasteiger partial charge in [-0.3, -0.25) is 9.78 Å². The van der Waals surface area contributed by atoms with Crippen molar-refractivity contribution in [2.24, 2.45) is 0 Å². The highest BCUT2D eigenvalue weighted by atomic mass is 19.1. The number of nitrogens with zero attached hydrogens (tertiary/aromatic N) is 4. The highest BCUT2D eigenvalue weighted by Crippen LogP contribution is 2.26. The van der Waals surface area contributed by atoms with E-state index in [-0.39, 0.29) is 11.1 Å².